The number of aromatic nitrogens is 2. The van der Waals surface area contributed by atoms with Crippen molar-refractivity contribution < 1.29 is 14.9 Å². The normalized spacial score (nSPS) is 44.2. The number of nitrogens with zero attached hydrogens (tertiary/aromatic N) is 3. The van der Waals surface area contributed by atoms with Crippen molar-refractivity contribution in [3.8, 4) is 6.07 Å². The molecule has 9 atom stereocenters. The maximum atomic E-state index is 11.7. The second-order valence-electron chi connectivity index (χ2n) is 12.4. The lowest BCUT2D eigenvalue weighted by Crippen LogP contribution is -2.54. The van der Waals surface area contributed by atoms with Crippen LogP contribution in [0, 0.1) is 52.3 Å². The number of hydrogen-bond donors (Lipinski definition) is 2. The highest BCUT2D eigenvalue weighted by molar-refractivity contribution is 5.21. The Hall–Kier alpha value is -1.42. The van der Waals surface area contributed by atoms with Gasteiger partial charge in [0.2, 0.25) is 0 Å². The van der Waals surface area contributed by atoms with Gasteiger partial charge in [-0.1, -0.05) is 6.92 Å². The van der Waals surface area contributed by atoms with Gasteiger partial charge in [0.05, 0.1) is 36.1 Å². The maximum absolute atomic E-state index is 11.7. The van der Waals surface area contributed by atoms with E-state index in [1.165, 1.54) is 32.1 Å². The Morgan fingerprint density at radius 2 is 1.97 bits per heavy atom. The van der Waals surface area contributed by atoms with Crippen molar-refractivity contribution in [2.75, 3.05) is 13.7 Å². The summed E-state index contributed by atoms with van der Waals surface area (Å²) in [7, 11) is 1.70. The van der Waals surface area contributed by atoms with E-state index in [9.17, 15) is 10.2 Å². The molecule has 0 spiro atoms. The lowest BCUT2D eigenvalue weighted by atomic mass is 9.48. The van der Waals surface area contributed by atoms with Crippen LogP contribution in [0.1, 0.15) is 77.2 Å². The molecule has 6 nitrogen and oxygen atoms in total. The van der Waals surface area contributed by atoms with Crippen molar-refractivity contribution in [2.45, 2.75) is 89.4 Å². The molecule has 2 N–H and O–H groups in total. The van der Waals surface area contributed by atoms with E-state index in [1.54, 1.807) is 24.2 Å². The van der Waals surface area contributed by atoms with Crippen LogP contribution in [0.15, 0.2) is 12.4 Å². The van der Waals surface area contributed by atoms with E-state index in [-0.39, 0.29) is 11.3 Å². The quantitative estimate of drug-likeness (QED) is 0.696. The summed E-state index contributed by atoms with van der Waals surface area (Å²) < 4.78 is 7.08. The monoisotopic (exact) mass is 455 g/mol. The number of aliphatic hydroxyl groups is 2. The predicted molar refractivity (Wildman–Crippen MR) is 125 cm³/mol. The van der Waals surface area contributed by atoms with E-state index >= 15 is 0 Å². The number of fused-ring (bicyclic) bond motifs is 5. The van der Waals surface area contributed by atoms with E-state index < -0.39 is 11.2 Å². The van der Waals surface area contributed by atoms with Gasteiger partial charge >= 0.3 is 0 Å². The molecule has 0 saturated heterocycles. The largest absolute Gasteiger partial charge is 0.388 e. The molecule has 0 radical (unpaired) electrons. The van der Waals surface area contributed by atoms with Crippen LogP contribution < -0.4 is 0 Å². The molecular weight excluding hydrogens is 414 g/mol. The smallest absolute Gasteiger partial charge is 0.102 e. The fraction of sp³-hybridized carbons (Fsp3) is 0.852. The molecule has 1 aromatic heterocycles. The zero-order chi connectivity index (χ0) is 23.4. The third kappa shape index (κ3) is 3.94. The first kappa shape index (κ1) is 23.3. The van der Waals surface area contributed by atoms with Crippen LogP contribution >= 0.6 is 0 Å². The molecule has 0 bridgehead atoms. The Labute approximate surface area is 198 Å². The van der Waals surface area contributed by atoms with Crippen molar-refractivity contribution in [3.05, 3.63) is 18.0 Å². The molecular formula is C27H41N3O3. The zero-order valence-electron chi connectivity index (χ0n) is 20.5. The first-order valence-corrected chi connectivity index (χ1v) is 13.1. The van der Waals surface area contributed by atoms with Crippen LogP contribution in [-0.2, 0) is 11.3 Å². The van der Waals surface area contributed by atoms with Gasteiger partial charge in [0, 0.05) is 13.3 Å². The van der Waals surface area contributed by atoms with Crippen molar-refractivity contribution in [3.63, 3.8) is 0 Å². The van der Waals surface area contributed by atoms with E-state index in [2.05, 4.69) is 18.1 Å². The van der Waals surface area contributed by atoms with E-state index in [0.717, 1.165) is 43.4 Å². The fourth-order valence-electron chi connectivity index (χ4n) is 9.33. The van der Waals surface area contributed by atoms with Crippen molar-refractivity contribution in [2.24, 2.45) is 40.9 Å². The molecule has 33 heavy (non-hydrogen) atoms. The molecule has 4 fully saturated rings. The highest BCUT2D eigenvalue weighted by Crippen LogP contribution is 2.66. The van der Waals surface area contributed by atoms with Crippen LogP contribution in [0.5, 0.6) is 0 Å². The molecule has 6 heteroatoms. The molecule has 4 aliphatic rings. The Kier molecular flexibility index (Phi) is 5.91. The molecule has 0 amide bonds. The first-order valence-electron chi connectivity index (χ1n) is 13.1. The van der Waals surface area contributed by atoms with Gasteiger partial charge in [-0.05, 0) is 106 Å². The molecule has 0 aromatic carbocycles. The Bertz CT molecular complexity index is 907. The number of hydrogen-bond acceptors (Lipinski definition) is 5. The Balaban J connectivity index is 1.31. The van der Waals surface area contributed by atoms with Crippen LogP contribution in [0.2, 0.25) is 0 Å². The average Bonchev–Trinajstić information content (AvgIpc) is 3.36. The van der Waals surface area contributed by atoms with Gasteiger partial charge in [0.25, 0.3) is 0 Å². The van der Waals surface area contributed by atoms with Crippen LogP contribution in [0.4, 0.5) is 0 Å². The minimum absolute atomic E-state index is 0.161. The lowest BCUT2D eigenvalue weighted by Gasteiger charge is -2.58. The highest BCUT2D eigenvalue weighted by Gasteiger charge is 2.60. The Morgan fingerprint density at radius 1 is 1.18 bits per heavy atom. The van der Waals surface area contributed by atoms with Gasteiger partial charge in [-0.2, -0.15) is 10.4 Å². The van der Waals surface area contributed by atoms with Crippen LogP contribution in [-0.4, -0.2) is 44.9 Å². The van der Waals surface area contributed by atoms with E-state index in [4.69, 9.17) is 10.00 Å². The molecule has 5 rings (SSSR count). The van der Waals surface area contributed by atoms with Gasteiger partial charge in [-0.15, -0.1) is 0 Å². The average molecular weight is 456 g/mol. The standard InChI is InChI=1S/C27H41N3O3/c1-25-10-8-21-20-9-11-27(32,17-33-3)12-19(20)4-5-22(21)23(25)6-7-24(25)26(2,31)16-30-15-18(13-28)14-29-30/h14-15,19-24,31-32H,4-12,16-17H2,1-3H3/t19-,20+,21-,22-,23+,24+,25+,26-,27-/m1/s1. The Morgan fingerprint density at radius 3 is 2.70 bits per heavy atom. The van der Waals surface area contributed by atoms with Gasteiger partial charge in [-0.3, -0.25) is 4.68 Å². The first-order chi connectivity index (χ1) is 15.7. The van der Waals surface area contributed by atoms with Gasteiger partial charge < -0.3 is 14.9 Å². The molecule has 4 aliphatic carbocycles. The third-order valence-corrected chi connectivity index (χ3v) is 10.5. The van der Waals surface area contributed by atoms with Crippen molar-refractivity contribution >= 4 is 0 Å². The number of ether oxygens (including phenoxy) is 1. The predicted octanol–water partition coefficient (Wildman–Crippen LogP) is 4.15. The molecule has 0 unspecified atom stereocenters. The topological polar surface area (TPSA) is 91.3 Å². The molecule has 4 saturated carbocycles. The van der Waals surface area contributed by atoms with Gasteiger partial charge in [-0.25, -0.2) is 0 Å². The summed E-state index contributed by atoms with van der Waals surface area (Å²) in [6.07, 6.45) is 13.5. The van der Waals surface area contributed by atoms with Crippen molar-refractivity contribution in [1.82, 2.24) is 9.78 Å². The van der Waals surface area contributed by atoms with E-state index in [0.29, 0.717) is 30.6 Å². The van der Waals surface area contributed by atoms with E-state index in [1.807, 2.05) is 6.92 Å². The van der Waals surface area contributed by atoms with Gasteiger partial charge in [0.15, 0.2) is 0 Å². The molecule has 182 valence electrons. The summed E-state index contributed by atoms with van der Waals surface area (Å²) in [5.41, 5.74) is -0.758. The highest BCUT2D eigenvalue weighted by atomic mass is 16.5. The SMILES string of the molecule is COC[C@@]1(O)CC[C@H]2[C@H](CC[C@@H]3[C@@H]2CC[C@@]2(C)[C@H]3CC[C@@H]2[C@](C)(O)Cn2cc(C#N)cn2)C1. The summed E-state index contributed by atoms with van der Waals surface area (Å²) in [5, 5.41) is 36.1. The minimum atomic E-state index is -0.840. The summed E-state index contributed by atoms with van der Waals surface area (Å²) in [6.45, 7) is 5.35. The van der Waals surface area contributed by atoms with Crippen LogP contribution in [0.25, 0.3) is 0 Å². The molecule has 1 aromatic rings. The zero-order valence-corrected chi connectivity index (χ0v) is 20.5. The van der Waals surface area contributed by atoms with Crippen LogP contribution in [0.3, 0.4) is 0 Å². The number of methoxy groups -OCH3 is 1. The number of nitriles is 1. The summed E-state index contributed by atoms with van der Waals surface area (Å²) in [6, 6.07) is 2.13. The second kappa shape index (κ2) is 8.36. The number of rotatable bonds is 5. The minimum Gasteiger partial charge on any atom is -0.388 e. The summed E-state index contributed by atoms with van der Waals surface area (Å²) >= 11 is 0. The summed E-state index contributed by atoms with van der Waals surface area (Å²) in [4.78, 5) is 0. The lowest BCUT2D eigenvalue weighted by molar-refractivity contribution is -0.138. The fourth-order valence-corrected chi connectivity index (χ4v) is 9.33. The molecule has 1 heterocycles. The second-order valence-corrected chi connectivity index (χ2v) is 12.4. The van der Waals surface area contributed by atoms with Gasteiger partial charge in [0.1, 0.15) is 6.07 Å². The van der Waals surface area contributed by atoms with Crippen molar-refractivity contribution in [1.29, 1.82) is 5.26 Å². The maximum Gasteiger partial charge on any atom is 0.102 e. The summed E-state index contributed by atoms with van der Waals surface area (Å²) in [5.74, 6) is 3.86. The molecule has 0 aliphatic heterocycles. The third-order valence-electron chi connectivity index (χ3n) is 10.5.